The third-order valence-corrected chi connectivity index (χ3v) is 7.18. The molecule has 0 fully saturated rings. The fourth-order valence-corrected chi connectivity index (χ4v) is 4.96. The number of unbranched alkanes of at least 4 members (excludes halogenated alkanes) is 2. The molecular weight excluding hydrogens is 528 g/mol. The van der Waals surface area contributed by atoms with Crippen LogP contribution in [-0.4, -0.2) is 31.8 Å². The Labute approximate surface area is 230 Å². The Bertz CT molecular complexity index is 1120. The molecule has 0 saturated carbocycles. The average Bonchev–Trinajstić information content (AvgIpc) is 3.31. The summed E-state index contributed by atoms with van der Waals surface area (Å²) in [5.41, 5.74) is 3.03. The number of carbonyl (C=O) groups excluding carboxylic acids is 1. The Morgan fingerprint density at radius 3 is 2.35 bits per heavy atom. The van der Waals surface area contributed by atoms with Crippen molar-refractivity contribution in [1.29, 1.82) is 0 Å². The Morgan fingerprint density at radius 2 is 1.70 bits per heavy atom. The molecule has 200 valence electrons. The number of rotatable bonds is 13. The molecule has 0 spiro atoms. The highest BCUT2D eigenvalue weighted by Crippen LogP contribution is 2.33. The predicted molar refractivity (Wildman–Crippen MR) is 151 cm³/mol. The lowest BCUT2D eigenvalue weighted by atomic mass is 9.83. The lowest BCUT2D eigenvalue weighted by Gasteiger charge is -2.28. The number of carbonyl (C=O) groups is 1. The number of nitrogens with zero attached hydrogens (tertiary/aromatic N) is 4. The molecule has 0 aliphatic carbocycles. The van der Waals surface area contributed by atoms with E-state index in [1.807, 2.05) is 39.0 Å². The summed E-state index contributed by atoms with van der Waals surface area (Å²) < 4.78 is 6.84. The number of ether oxygens (including phenoxy) is 1. The van der Waals surface area contributed by atoms with Crippen LogP contribution >= 0.6 is 15.9 Å². The number of esters is 1. The van der Waals surface area contributed by atoms with Crippen LogP contribution in [0.4, 0.5) is 0 Å². The second-order valence-corrected chi connectivity index (χ2v) is 11.6. The molecule has 0 saturated heterocycles. The van der Waals surface area contributed by atoms with Gasteiger partial charge in [0.05, 0.1) is 12.5 Å². The molecule has 7 heteroatoms. The van der Waals surface area contributed by atoms with Gasteiger partial charge in [-0.25, -0.2) is 0 Å². The second-order valence-electron chi connectivity index (χ2n) is 10.8. The van der Waals surface area contributed by atoms with Crippen LogP contribution in [-0.2, 0) is 28.9 Å². The van der Waals surface area contributed by atoms with Crippen molar-refractivity contribution in [2.75, 3.05) is 0 Å². The molecule has 2 aromatic carbocycles. The minimum Gasteiger partial charge on any atom is -0.460 e. The lowest BCUT2D eigenvalue weighted by Crippen LogP contribution is -2.33. The highest BCUT2D eigenvalue weighted by molar-refractivity contribution is 9.10. The normalized spacial score (nSPS) is 13.4. The lowest BCUT2D eigenvalue weighted by molar-refractivity contribution is -0.161. The van der Waals surface area contributed by atoms with Crippen LogP contribution in [0.2, 0.25) is 0 Å². The van der Waals surface area contributed by atoms with Crippen molar-refractivity contribution in [2.24, 2.45) is 5.92 Å². The molecule has 37 heavy (non-hydrogen) atoms. The molecule has 1 aromatic heterocycles. The van der Waals surface area contributed by atoms with E-state index in [9.17, 15) is 4.79 Å². The summed E-state index contributed by atoms with van der Waals surface area (Å²) in [6.07, 6.45) is 6.99. The zero-order chi connectivity index (χ0) is 26.8. The van der Waals surface area contributed by atoms with E-state index < -0.39 is 5.60 Å². The molecule has 0 bridgehead atoms. The van der Waals surface area contributed by atoms with Crippen LogP contribution in [0.3, 0.4) is 0 Å². The van der Waals surface area contributed by atoms with Gasteiger partial charge in [0, 0.05) is 10.4 Å². The number of aryl methyl sites for hydroxylation is 1. The second kappa shape index (κ2) is 13.8. The molecule has 3 aromatic rings. The SMILES string of the molecule is CCCCCc1ccc(Cn2nnc([C@@H](Cc3ccccc3Br)[C@H](CCC)C(=O)OC(C)(C)C)n2)cc1. The summed E-state index contributed by atoms with van der Waals surface area (Å²) in [5, 5.41) is 13.6. The summed E-state index contributed by atoms with van der Waals surface area (Å²) in [6, 6.07) is 16.8. The largest absolute Gasteiger partial charge is 0.460 e. The van der Waals surface area contributed by atoms with E-state index in [4.69, 9.17) is 9.84 Å². The molecule has 0 unspecified atom stereocenters. The van der Waals surface area contributed by atoms with Gasteiger partial charge in [-0.2, -0.15) is 4.80 Å². The number of aromatic nitrogens is 4. The summed E-state index contributed by atoms with van der Waals surface area (Å²) in [4.78, 5) is 15.0. The average molecular weight is 570 g/mol. The summed E-state index contributed by atoms with van der Waals surface area (Å²) in [6.45, 7) is 10.6. The monoisotopic (exact) mass is 568 g/mol. The van der Waals surface area contributed by atoms with Gasteiger partial charge in [0.1, 0.15) is 5.60 Å². The van der Waals surface area contributed by atoms with E-state index in [0.717, 1.165) is 28.4 Å². The quantitative estimate of drug-likeness (QED) is 0.160. The van der Waals surface area contributed by atoms with Gasteiger partial charge in [0.15, 0.2) is 5.82 Å². The topological polar surface area (TPSA) is 69.9 Å². The van der Waals surface area contributed by atoms with Gasteiger partial charge in [-0.15, -0.1) is 10.2 Å². The highest BCUT2D eigenvalue weighted by Gasteiger charge is 2.35. The van der Waals surface area contributed by atoms with Crippen molar-refractivity contribution >= 4 is 21.9 Å². The van der Waals surface area contributed by atoms with E-state index in [2.05, 4.69) is 70.4 Å². The first-order valence-corrected chi connectivity index (χ1v) is 14.3. The van der Waals surface area contributed by atoms with Gasteiger partial charge >= 0.3 is 5.97 Å². The standard InChI is InChI=1S/C30H41BrN4O2/c1-6-8-9-13-22-16-18-23(19-17-22)21-35-33-28(32-34-35)26(20-24-14-10-11-15-27(24)31)25(12-7-2)29(36)37-30(3,4)5/h10-11,14-19,25-26H,6-9,12-13,20-21H2,1-5H3/t25-,26-/m0/s1. The molecule has 1 heterocycles. The Morgan fingerprint density at radius 1 is 1.00 bits per heavy atom. The van der Waals surface area contributed by atoms with Gasteiger partial charge in [-0.05, 0) is 74.4 Å². The van der Waals surface area contributed by atoms with Crippen molar-refractivity contribution in [1.82, 2.24) is 20.2 Å². The first-order chi connectivity index (χ1) is 17.7. The zero-order valence-electron chi connectivity index (χ0n) is 22.9. The van der Waals surface area contributed by atoms with E-state index in [1.165, 1.54) is 24.8 Å². The van der Waals surface area contributed by atoms with E-state index in [-0.39, 0.29) is 17.8 Å². The maximum absolute atomic E-state index is 13.3. The fourth-order valence-electron chi connectivity index (χ4n) is 4.51. The minimum atomic E-state index is -0.561. The van der Waals surface area contributed by atoms with Gasteiger partial charge in [-0.3, -0.25) is 4.79 Å². The Hall–Kier alpha value is -2.54. The highest BCUT2D eigenvalue weighted by atomic mass is 79.9. The first kappa shape index (κ1) is 29.0. The molecule has 0 amide bonds. The first-order valence-electron chi connectivity index (χ1n) is 13.5. The molecule has 3 rings (SSSR count). The zero-order valence-corrected chi connectivity index (χ0v) is 24.5. The van der Waals surface area contributed by atoms with E-state index in [0.29, 0.717) is 25.2 Å². The number of hydrogen-bond acceptors (Lipinski definition) is 5. The predicted octanol–water partition coefficient (Wildman–Crippen LogP) is 7.30. The molecule has 2 atom stereocenters. The summed E-state index contributed by atoms with van der Waals surface area (Å²) in [7, 11) is 0. The van der Waals surface area contributed by atoms with Crippen molar-refractivity contribution < 1.29 is 9.53 Å². The van der Waals surface area contributed by atoms with Crippen molar-refractivity contribution in [3.8, 4) is 0 Å². The van der Waals surface area contributed by atoms with Crippen LogP contribution in [0.1, 0.15) is 95.2 Å². The van der Waals surface area contributed by atoms with Crippen molar-refractivity contribution in [3.63, 3.8) is 0 Å². The third-order valence-electron chi connectivity index (χ3n) is 6.41. The molecule has 0 aliphatic rings. The van der Waals surface area contributed by atoms with Crippen LogP contribution in [0.25, 0.3) is 0 Å². The van der Waals surface area contributed by atoms with Crippen LogP contribution < -0.4 is 0 Å². The van der Waals surface area contributed by atoms with Crippen molar-refractivity contribution in [2.45, 2.75) is 97.6 Å². The van der Waals surface area contributed by atoms with E-state index >= 15 is 0 Å². The molecule has 6 nitrogen and oxygen atoms in total. The summed E-state index contributed by atoms with van der Waals surface area (Å²) in [5.74, 6) is -0.239. The summed E-state index contributed by atoms with van der Waals surface area (Å²) >= 11 is 3.67. The van der Waals surface area contributed by atoms with Gasteiger partial charge in [0.2, 0.25) is 0 Å². The fraction of sp³-hybridized carbons (Fsp3) is 0.533. The van der Waals surface area contributed by atoms with Gasteiger partial charge in [-0.1, -0.05) is 91.5 Å². The Balaban J connectivity index is 1.84. The number of hydrogen-bond donors (Lipinski definition) is 0. The van der Waals surface area contributed by atoms with Crippen molar-refractivity contribution in [3.05, 3.63) is 75.5 Å². The van der Waals surface area contributed by atoms with Gasteiger partial charge < -0.3 is 4.74 Å². The number of tetrazole rings is 1. The smallest absolute Gasteiger partial charge is 0.310 e. The molecular formula is C30H41BrN4O2. The third kappa shape index (κ3) is 9.06. The van der Waals surface area contributed by atoms with Gasteiger partial charge in [0.25, 0.3) is 0 Å². The molecule has 0 aliphatic heterocycles. The maximum atomic E-state index is 13.3. The number of halogens is 1. The van der Waals surface area contributed by atoms with E-state index in [1.54, 1.807) is 4.80 Å². The number of benzene rings is 2. The van der Waals surface area contributed by atoms with Crippen LogP contribution in [0, 0.1) is 5.92 Å². The minimum absolute atomic E-state index is 0.207. The van der Waals surface area contributed by atoms with Crippen LogP contribution in [0.5, 0.6) is 0 Å². The maximum Gasteiger partial charge on any atom is 0.310 e. The Kier molecular flexibility index (Phi) is 10.9. The molecule has 0 radical (unpaired) electrons. The molecule has 0 N–H and O–H groups in total. The van der Waals surface area contributed by atoms with Crippen LogP contribution in [0.15, 0.2) is 53.0 Å².